The van der Waals surface area contributed by atoms with Crippen LogP contribution in [-0.4, -0.2) is 34.4 Å². The SMILES string of the molecule is CN(CCc1ccncc1)C(=O)c1cncc(Nc2cccc(Cl)c2)c1. The van der Waals surface area contributed by atoms with Crippen molar-refractivity contribution in [1.29, 1.82) is 0 Å². The van der Waals surface area contributed by atoms with Crippen LogP contribution in [0.25, 0.3) is 0 Å². The molecule has 1 aromatic carbocycles. The number of anilines is 2. The van der Waals surface area contributed by atoms with Crippen LogP contribution in [0.3, 0.4) is 0 Å². The van der Waals surface area contributed by atoms with Crippen LogP contribution in [0.1, 0.15) is 15.9 Å². The molecule has 0 unspecified atom stereocenters. The minimum absolute atomic E-state index is 0.0682. The minimum Gasteiger partial charge on any atom is -0.354 e. The summed E-state index contributed by atoms with van der Waals surface area (Å²) in [7, 11) is 1.79. The fourth-order valence-electron chi connectivity index (χ4n) is 2.53. The highest BCUT2D eigenvalue weighted by atomic mass is 35.5. The van der Waals surface area contributed by atoms with Crippen molar-refractivity contribution in [2.24, 2.45) is 0 Å². The molecule has 26 heavy (non-hydrogen) atoms. The van der Waals surface area contributed by atoms with Crippen LogP contribution in [0.2, 0.25) is 5.02 Å². The highest BCUT2D eigenvalue weighted by molar-refractivity contribution is 6.30. The first-order chi connectivity index (χ1) is 12.6. The Morgan fingerprint density at radius 2 is 1.88 bits per heavy atom. The maximum atomic E-state index is 12.6. The molecule has 5 nitrogen and oxygen atoms in total. The number of pyridine rings is 2. The normalized spacial score (nSPS) is 10.4. The molecule has 1 N–H and O–H groups in total. The number of halogens is 1. The summed E-state index contributed by atoms with van der Waals surface area (Å²) >= 11 is 6.00. The molecule has 2 aromatic heterocycles. The van der Waals surface area contributed by atoms with Gasteiger partial charge in [0.15, 0.2) is 0 Å². The standard InChI is InChI=1S/C20H19ClN4O/c1-25(10-7-15-5-8-22-9-6-15)20(26)16-11-19(14-23-13-16)24-18-4-2-3-17(21)12-18/h2-6,8-9,11-14,24H,7,10H2,1H3. The first-order valence-electron chi connectivity index (χ1n) is 8.24. The van der Waals surface area contributed by atoms with Gasteiger partial charge in [0, 0.05) is 42.9 Å². The smallest absolute Gasteiger partial charge is 0.255 e. The van der Waals surface area contributed by atoms with Gasteiger partial charge in [0.1, 0.15) is 0 Å². The first-order valence-corrected chi connectivity index (χ1v) is 8.61. The minimum atomic E-state index is -0.0682. The average molecular weight is 367 g/mol. The van der Waals surface area contributed by atoms with Crippen LogP contribution in [-0.2, 0) is 6.42 Å². The molecule has 3 rings (SSSR count). The second-order valence-electron chi connectivity index (χ2n) is 5.93. The van der Waals surface area contributed by atoms with E-state index in [0.717, 1.165) is 23.4 Å². The number of aromatic nitrogens is 2. The van der Waals surface area contributed by atoms with Crippen LogP contribution >= 0.6 is 11.6 Å². The van der Waals surface area contributed by atoms with Crippen molar-refractivity contribution < 1.29 is 4.79 Å². The van der Waals surface area contributed by atoms with Crippen LogP contribution in [0.15, 0.2) is 67.3 Å². The zero-order chi connectivity index (χ0) is 18.4. The Kier molecular flexibility index (Phi) is 5.81. The molecule has 0 bridgehead atoms. The monoisotopic (exact) mass is 366 g/mol. The van der Waals surface area contributed by atoms with E-state index in [1.54, 1.807) is 42.8 Å². The lowest BCUT2D eigenvalue weighted by Gasteiger charge is -2.17. The number of carbonyl (C=O) groups excluding carboxylic acids is 1. The quantitative estimate of drug-likeness (QED) is 0.710. The van der Waals surface area contributed by atoms with Crippen molar-refractivity contribution in [2.45, 2.75) is 6.42 Å². The molecule has 6 heteroatoms. The number of nitrogens with one attached hydrogen (secondary N) is 1. The summed E-state index contributed by atoms with van der Waals surface area (Å²) < 4.78 is 0. The number of carbonyl (C=O) groups is 1. The molecule has 0 radical (unpaired) electrons. The van der Waals surface area contributed by atoms with Gasteiger partial charge in [0.2, 0.25) is 0 Å². The molecule has 1 amide bonds. The van der Waals surface area contributed by atoms with Gasteiger partial charge in [-0.2, -0.15) is 0 Å². The lowest BCUT2D eigenvalue weighted by atomic mass is 10.2. The fourth-order valence-corrected chi connectivity index (χ4v) is 2.72. The van der Waals surface area contributed by atoms with Crippen LogP contribution in [0.5, 0.6) is 0 Å². The van der Waals surface area contributed by atoms with Gasteiger partial charge >= 0.3 is 0 Å². The predicted octanol–water partition coefficient (Wildman–Crippen LogP) is 4.19. The fraction of sp³-hybridized carbons (Fsp3) is 0.150. The third-order valence-electron chi connectivity index (χ3n) is 3.93. The second-order valence-corrected chi connectivity index (χ2v) is 6.37. The molecule has 0 saturated heterocycles. The summed E-state index contributed by atoms with van der Waals surface area (Å²) in [5, 5.41) is 3.86. The molecule has 2 heterocycles. The van der Waals surface area contributed by atoms with E-state index in [-0.39, 0.29) is 5.91 Å². The van der Waals surface area contributed by atoms with E-state index >= 15 is 0 Å². The third kappa shape index (κ3) is 4.80. The summed E-state index contributed by atoms with van der Waals surface area (Å²) in [6, 6.07) is 13.1. The Morgan fingerprint density at radius 1 is 1.08 bits per heavy atom. The number of hydrogen-bond acceptors (Lipinski definition) is 4. The molecule has 0 aliphatic carbocycles. The Labute approximate surface area is 157 Å². The number of amides is 1. The number of nitrogens with zero attached hydrogens (tertiary/aromatic N) is 3. The topological polar surface area (TPSA) is 58.1 Å². The van der Waals surface area contributed by atoms with E-state index in [4.69, 9.17) is 11.6 Å². The van der Waals surface area contributed by atoms with Crippen molar-refractivity contribution in [3.8, 4) is 0 Å². The summed E-state index contributed by atoms with van der Waals surface area (Å²) in [5.41, 5.74) is 3.26. The van der Waals surface area contributed by atoms with E-state index in [0.29, 0.717) is 17.1 Å². The molecule has 0 saturated carbocycles. The third-order valence-corrected chi connectivity index (χ3v) is 4.17. The first kappa shape index (κ1) is 17.9. The maximum absolute atomic E-state index is 12.6. The Bertz CT molecular complexity index is 886. The van der Waals surface area contributed by atoms with Crippen molar-refractivity contribution in [3.05, 3.63) is 83.4 Å². The molecule has 3 aromatic rings. The summed E-state index contributed by atoms with van der Waals surface area (Å²) in [5.74, 6) is -0.0682. The number of benzene rings is 1. The molecule has 132 valence electrons. The van der Waals surface area contributed by atoms with E-state index < -0.39 is 0 Å². The summed E-state index contributed by atoms with van der Waals surface area (Å²) in [6.07, 6.45) is 7.54. The average Bonchev–Trinajstić information content (AvgIpc) is 2.66. The highest BCUT2D eigenvalue weighted by Crippen LogP contribution is 2.20. The lowest BCUT2D eigenvalue weighted by molar-refractivity contribution is 0.0796. The summed E-state index contributed by atoms with van der Waals surface area (Å²) in [4.78, 5) is 22.5. The number of hydrogen-bond donors (Lipinski definition) is 1. The maximum Gasteiger partial charge on any atom is 0.255 e. The van der Waals surface area contributed by atoms with Gasteiger partial charge in [-0.15, -0.1) is 0 Å². The second kappa shape index (κ2) is 8.45. The molecule has 0 spiro atoms. The van der Waals surface area contributed by atoms with Crippen molar-refractivity contribution in [2.75, 3.05) is 18.9 Å². The molecular weight excluding hydrogens is 348 g/mol. The van der Waals surface area contributed by atoms with Gasteiger partial charge < -0.3 is 10.2 Å². The zero-order valence-corrected chi connectivity index (χ0v) is 15.1. The molecule has 0 aliphatic heterocycles. The van der Waals surface area contributed by atoms with Gasteiger partial charge in [-0.1, -0.05) is 17.7 Å². The molecule has 0 fully saturated rings. The van der Waals surface area contributed by atoms with Gasteiger partial charge in [-0.25, -0.2) is 0 Å². The van der Waals surface area contributed by atoms with E-state index in [9.17, 15) is 4.79 Å². The van der Waals surface area contributed by atoms with E-state index in [2.05, 4.69) is 15.3 Å². The largest absolute Gasteiger partial charge is 0.354 e. The molecule has 0 aliphatic rings. The van der Waals surface area contributed by atoms with Gasteiger partial charge in [0.25, 0.3) is 5.91 Å². The van der Waals surface area contributed by atoms with Crippen molar-refractivity contribution in [3.63, 3.8) is 0 Å². The van der Waals surface area contributed by atoms with Crippen LogP contribution in [0.4, 0.5) is 11.4 Å². The Morgan fingerprint density at radius 3 is 2.65 bits per heavy atom. The Hall–Kier alpha value is -2.92. The van der Waals surface area contributed by atoms with Gasteiger partial charge in [-0.05, 0) is 48.4 Å². The molecule has 0 atom stereocenters. The van der Waals surface area contributed by atoms with Gasteiger partial charge in [0.05, 0.1) is 17.4 Å². The van der Waals surface area contributed by atoms with Crippen LogP contribution in [0, 0.1) is 0 Å². The predicted molar refractivity (Wildman–Crippen MR) is 104 cm³/mol. The van der Waals surface area contributed by atoms with E-state index in [1.165, 1.54) is 0 Å². The Balaban J connectivity index is 1.65. The van der Waals surface area contributed by atoms with Crippen molar-refractivity contribution in [1.82, 2.24) is 14.9 Å². The zero-order valence-electron chi connectivity index (χ0n) is 14.4. The molecular formula is C20H19ClN4O. The van der Waals surface area contributed by atoms with Crippen LogP contribution < -0.4 is 5.32 Å². The lowest BCUT2D eigenvalue weighted by Crippen LogP contribution is -2.29. The van der Waals surface area contributed by atoms with Gasteiger partial charge in [-0.3, -0.25) is 14.8 Å². The van der Waals surface area contributed by atoms with Crippen molar-refractivity contribution >= 4 is 28.9 Å². The number of rotatable bonds is 6. The highest BCUT2D eigenvalue weighted by Gasteiger charge is 2.13. The van der Waals surface area contributed by atoms with E-state index in [1.807, 2.05) is 36.4 Å². The number of likely N-dealkylation sites (N-methyl/N-ethyl adjacent to an activating group) is 1. The summed E-state index contributed by atoms with van der Waals surface area (Å²) in [6.45, 7) is 0.620.